The standard InChI is InChI=1S/C18H20F3N5O4/c1-28-7-12-6-26(25-24-12)14-9-30-15-13(8-29-16(14)15)23-17(27)22-11-4-2-3-10(5-11)18(19,20)21/h2-6,13-16H,7-9H2,1H3,(H2,22,23,27)/t13-,14-,15+,16+/m0/s1. The summed E-state index contributed by atoms with van der Waals surface area (Å²) in [5.41, 5.74) is -0.127. The number of benzene rings is 1. The van der Waals surface area contributed by atoms with E-state index in [9.17, 15) is 18.0 Å². The van der Waals surface area contributed by atoms with Gasteiger partial charge in [0.2, 0.25) is 0 Å². The van der Waals surface area contributed by atoms with E-state index < -0.39 is 29.9 Å². The van der Waals surface area contributed by atoms with Crippen LogP contribution in [0.15, 0.2) is 30.5 Å². The second-order valence-electron chi connectivity index (χ2n) is 7.07. The molecule has 0 radical (unpaired) electrons. The lowest BCUT2D eigenvalue weighted by atomic mass is 10.1. The number of carbonyl (C=O) groups excluding carboxylic acids is 1. The fourth-order valence-electron chi connectivity index (χ4n) is 3.63. The number of ether oxygens (including phenoxy) is 3. The Morgan fingerprint density at radius 3 is 2.87 bits per heavy atom. The summed E-state index contributed by atoms with van der Waals surface area (Å²) < 4.78 is 56.8. The summed E-state index contributed by atoms with van der Waals surface area (Å²) in [7, 11) is 1.56. The highest BCUT2D eigenvalue weighted by Gasteiger charge is 2.49. The van der Waals surface area contributed by atoms with E-state index in [-0.39, 0.29) is 24.4 Å². The number of methoxy groups -OCH3 is 1. The average Bonchev–Trinajstić information content (AvgIpc) is 3.39. The van der Waals surface area contributed by atoms with Crippen LogP contribution in [0, 0.1) is 0 Å². The number of nitrogens with zero attached hydrogens (tertiary/aromatic N) is 3. The molecular weight excluding hydrogens is 407 g/mol. The molecule has 2 fully saturated rings. The lowest BCUT2D eigenvalue weighted by Crippen LogP contribution is -2.45. The Balaban J connectivity index is 1.36. The molecule has 3 heterocycles. The van der Waals surface area contributed by atoms with Gasteiger partial charge in [-0.15, -0.1) is 5.10 Å². The second kappa shape index (κ2) is 8.20. The van der Waals surface area contributed by atoms with Crippen LogP contribution in [0.1, 0.15) is 17.3 Å². The number of hydrogen-bond acceptors (Lipinski definition) is 6. The fraction of sp³-hybridized carbons (Fsp3) is 0.500. The molecule has 9 nitrogen and oxygen atoms in total. The van der Waals surface area contributed by atoms with Crippen molar-refractivity contribution in [2.24, 2.45) is 0 Å². The maximum Gasteiger partial charge on any atom is 0.416 e. The summed E-state index contributed by atoms with van der Waals surface area (Å²) in [6.45, 7) is 0.877. The molecule has 0 unspecified atom stereocenters. The topological polar surface area (TPSA) is 99.5 Å². The van der Waals surface area contributed by atoms with Gasteiger partial charge in [0.05, 0.1) is 37.6 Å². The number of rotatable bonds is 5. The lowest BCUT2D eigenvalue weighted by Gasteiger charge is -2.18. The first-order valence-corrected chi connectivity index (χ1v) is 9.23. The predicted octanol–water partition coefficient (Wildman–Crippen LogP) is 1.97. The Labute approximate surface area is 169 Å². The molecule has 4 rings (SSSR count). The van der Waals surface area contributed by atoms with E-state index in [1.54, 1.807) is 18.0 Å². The van der Waals surface area contributed by atoms with E-state index in [2.05, 4.69) is 20.9 Å². The normalized spacial score (nSPS) is 25.9. The van der Waals surface area contributed by atoms with Crippen molar-refractivity contribution in [3.63, 3.8) is 0 Å². The maximum absolute atomic E-state index is 12.8. The molecule has 0 saturated carbocycles. The number of nitrogens with one attached hydrogen (secondary N) is 2. The van der Waals surface area contributed by atoms with Crippen molar-refractivity contribution in [2.45, 2.75) is 37.1 Å². The Hall–Kier alpha value is -2.70. The number of halogens is 3. The molecule has 12 heteroatoms. The number of aromatic nitrogens is 3. The summed E-state index contributed by atoms with van der Waals surface area (Å²) in [5, 5.41) is 13.2. The molecule has 162 valence electrons. The van der Waals surface area contributed by atoms with Gasteiger partial charge in [0.15, 0.2) is 0 Å². The second-order valence-corrected chi connectivity index (χ2v) is 7.07. The summed E-state index contributed by atoms with van der Waals surface area (Å²) in [6, 6.07) is 3.13. The van der Waals surface area contributed by atoms with Crippen LogP contribution in [0.4, 0.5) is 23.7 Å². The summed E-state index contributed by atoms with van der Waals surface area (Å²) in [6.07, 6.45) is -3.47. The molecule has 30 heavy (non-hydrogen) atoms. The van der Waals surface area contributed by atoms with Crippen molar-refractivity contribution in [3.05, 3.63) is 41.7 Å². The molecule has 0 aliphatic carbocycles. The zero-order valence-corrected chi connectivity index (χ0v) is 15.9. The fourth-order valence-corrected chi connectivity index (χ4v) is 3.63. The Kier molecular flexibility index (Phi) is 5.62. The van der Waals surface area contributed by atoms with Crippen LogP contribution < -0.4 is 10.6 Å². The van der Waals surface area contributed by atoms with Crippen LogP contribution in [-0.2, 0) is 27.0 Å². The van der Waals surface area contributed by atoms with Crippen LogP contribution in [0.5, 0.6) is 0 Å². The van der Waals surface area contributed by atoms with Gasteiger partial charge in [-0.1, -0.05) is 11.3 Å². The van der Waals surface area contributed by atoms with Gasteiger partial charge >= 0.3 is 12.2 Å². The summed E-state index contributed by atoms with van der Waals surface area (Å²) in [4.78, 5) is 12.3. The SMILES string of the molecule is COCc1cn([C@H]2CO[C@H]3[C@@H]2OC[C@@H]3NC(=O)Nc2cccc(C(F)(F)F)c2)nn1. The maximum atomic E-state index is 12.8. The molecule has 0 bridgehead atoms. The quantitative estimate of drug-likeness (QED) is 0.757. The van der Waals surface area contributed by atoms with E-state index in [0.717, 1.165) is 12.1 Å². The molecule has 4 atom stereocenters. The van der Waals surface area contributed by atoms with Crippen molar-refractivity contribution < 1.29 is 32.2 Å². The minimum Gasteiger partial charge on any atom is -0.378 e. The van der Waals surface area contributed by atoms with Crippen molar-refractivity contribution in [3.8, 4) is 0 Å². The molecule has 2 aliphatic rings. The molecule has 2 N–H and O–H groups in total. The number of hydrogen-bond donors (Lipinski definition) is 2. The number of anilines is 1. The summed E-state index contributed by atoms with van der Waals surface area (Å²) in [5.74, 6) is 0. The number of fused-ring (bicyclic) bond motifs is 1. The molecule has 0 spiro atoms. The van der Waals surface area contributed by atoms with Crippen molar-refractivity contribution in [2.75, 3.05) is 25.6 Å². The van der Waals surface area contributed by atoms with Crippen LogP contribution in [-0.4, -0.2) is 59.6 Å². The third kappa shape index (κ3) is 4.25. The van der Waals surface area contributed by atoms with Crippen molar-refractivity contribution in [1.82, 2.24) is 20.3 Å². The molecule has 1 aromatic carbocycles. The van der Waals surface area contributed by atoms with E-state index in [0.29, 0.717) is 18.9 Å². The Morgan fingerprint density at radius 2 is 2.10 bits per heavy atom. The van der Waals surface area contributed by atoms with Gasteiger partial charge in [-0.2, -0.15) is 13.2 Å². The summed E-state index contributed by atoms with van der Waals surface area (Å²) >= 11 is 0. The van der Waals surface area contributed by atoms with Crippen molar-refractivity contribution in [1.29, 1.82) is 0 Å². The number of urea groups is 1. The van der Waals surface area contributed by atoms with Gasteiger partial charge in [0, 0.05) is 12.8 Å². The third-order valence-electron chi connectivity index (χ3n) is 4.98. The largest absolute Gasteiger partial charge is 0.416 e. The van der Waals surface area contributed by atoms with E-state index in [1.165, 1.54) is 12.1 Å². The number of carbonyl (C=O) groups is 1. The molecular formula is C18H20F3N5O4. The first kappa shape index (κ1) is 20.6. The van der Waals surface area contributed by atoms with Gasteiger partial charge < -0.3 is 24.8 Å². The third-order valence-corrected chi connectivity index (χ3v) is 4.98. The van der Waals surface area contributed by atoms with Crippen LogP contribution >= 0.6 is 0 Å². The number of amides is 2. The Bertz CT molecular complexity index is 906. The van der Waals surface area contributed by atoms with Crippen LogP contribution in [0.2, 0.25) is 0 Å². The zero-order chi connectivity index (χ0) is 21.3. The zero-order valence-electron chi connectivity index (χ0n) is 15.9. The van der Waals surface area contributed by atoms with Gasteiger partial charge in [-0.25, -0.2) is 9.48 Å². The smallest absolute Gasteiger partial charge is 0.378 e. The van der Waals surface area contributed by atoms with E-state index >= 15 is 0 Å². The Morgan fingerprint density at radius 1 is 1.30 bits per heavy atom. The monoisotopic (exact) mass is 427 g/mol. The van der Waals surface area contributed by atoms with E-state index in [1.807, 2.05) is 0 Å². The molecule has 2 saturated heterocycles. The molecule has 2 aliphatic heterocycles. The highest BCUT2D eigenvalue weighted by Crippen LogP contribution is 2.34. The van der Waals surface area contributed by atoms with Crippen molar-refractivity contribution >= 4 is 11.7 Å². The van der Waals surface area contributed by atoms with Gasteiger partial charge in [-0.05, 0) is 18.2 Å². The number of alkyl halides is 3. The predicted molar refractivity (Wildman–Crippen MR) is 96.6 cm³/mol. The minimum atomic E-state index is -4.49. The average molecular weight is 427 g/mol. The van der Waals surface area contributed by atoms with Crippen LogP contribution in [0.3, 0.4) is 0 Å². The van der Waals surface area contributed by atoms with E-state index in [4.69, 9.17) is 14.2 Å². The van der Waals surface area contributed by atoms with Gasteiger partial charge in [0.25, 0.3) is 0 Å². The minimum absolute atomic E-state index is 0.0382. The highest BCUT2D eigenvalue weighted by molar-refractivity contribution is 5.89. The van der Waals surface area contributed by atoms with Crippen LogP contribution in [0.25, 0.3) is 0 Å². The first-order chi connectivity index (χ1) is 14.3. The van der Waals surface area contributed by atoms with Gasteiger partial charge in [-0.3, -0.25) is 0 Å². The lowest BCUT2D eigenvalue weighted by molar-refractivity contribution is -0.137. The highest BCUT2D eigenvalue weighted by atomic mass is 19.4. The molecule has 1 aromatic heterocycles. The van der Waals surface area contributed by atoms with Gasteiger partial charge in [0.1, 0.15) is 23.9 Å². The molecule has 2 aromatic rings. The molecule has 2 amide bonds. The first-order valence-electron chi connectivity index (χ1n) is 9.23.